The van der Waals surface area contributed by atoms with Crippen LogP contribution in [-0.4, -0.2) is 24.2 Å². The third kappa shape index (κ3) is 3.51. The number of rotatable bonds is 4. The van der Waals surface area contributed by atoms with Crippen LogP contribution >= 0.6 is 0 Å². The van der Waals surface area contributed by atoms with Gasteiger partial charge in [-0.3, -0.25) is 0 Å². The molecule has 0 amide bonds. The number of hydrogen-bond donors (Lipinski definition) is 1. The van der Waals surface area contributed by atoms with Gasteiger partial charge in [0.2, 0.25) is 5.88 Å². The Morgan fingerprint density at radius 3 is 3.13 bits per heavy atom. The van der Waals surface area contributed by atoms with E-state index in [0.717, 1.165) is 25.5 Å². The lowest BCUT2D eigenvalue weighted by molar-refractivity contribution is 0.260. The van der Waals surface area contributed by atoms with E-state index in [1.807, 2.05) is 18.2 Å². The normalized spacial score (nSPS) is 21.2. The minimum atomic E-state index is 0.641. The molecule has 2 rings (SSSR count). The fourth-order valence-electron chi connectivity index (χ4n) is 1.91. The molecule has 0 aliphatic carbocycles. The average Bonchev–Trinajstić information content (AvgIpc) is 2.32. The molecule has 0 radical (unpaired) electrons. The van der Waals surface area contributed by atoms with Crippen LogP contribution in [0.25, 0.3) is 0 Å². The maximum absolute atomic E-state index is 5.56. The molecule has 3 nitrogen and oxygen atoms in total. The van der Waals surface area contributed by atoms with E-state index in [9.17, 15) is 0 Å². The van der Waals surface area contributed by atoms with Gasteiger partial charge in [-0.2, -0.15) is 0 Å². The van der Waals surface area contributed by atoms with Crippen LogP contribution in [0.3, 0.4) is 0 Å². The minimum Gasteiger partial charge on any atom is -0.478 e. The molecule has 82 valence electrons. The van der Waals surface area contributed by atoms with Crippen LogP contribution in [0.1, 0.15) is 25.7 Å². The van der Waals surface area contributed by atoms with Crippen molar-refractivity contribution in [1.82, 2.24) is 10.3 Å². The van der Waals surface area contributed by atoms with E-state index in [4.69, 9.17) is 4.74 Å². The third-order valence-corrected chi connectivity index (χ3v) is 2.77. The summed E-state index contributed by atoms with van der Waals surface area (Å²) in [6.07, 6.45) is 6.79. The van der Waals surface area contributed by atoms with Gasteiger partial charge in [-0.1, -0.05) is 12.5 Å². The highest BCUT2D eigenvalue weighted by Gasteiger charge is 2.11. The number of ether oxygens (including phenoxy) is 1. The van der Waals surface area contributed by atoms with Gasteiger partial charge < -0.3 is 10.1 Å². The van der Waals surface area contributed by atoms with E-state index in [-0.39, 0.29) is 0 Å². The van der Waals surface area contributed by atoms with Crippen LogP contribution in [0.4, 0.5) is 0 Å². The molecule has 1 aromatic rings. The summed E-state index contributed by atoms with van der Waals surface area (Å²) in [5.41, 5.74) is 0. The lowest BCUT2D eigenvalue weighted by Gasteiger charge is -2.23. The smallest absolute Gasteiger partial charge is 0.213 e. The topological polar surface area (TPSA) is 34.1 Å². The van der Waals surface area contributed by atoms with Crippen molar-refractivity contribution in [2.75, 3.05) is 13.2 Å². The first-order chi connectivity index (χ1) is 7.45. The van der Waals surface area contributed by atoms with Gasteiger partial charge in [-0.25, -0.2) is 4.98 Å². The Kier molecular flexibility index (Phi) is 3.97. The summed E-state index contributed by atoms with van der Waals surface area (Å²) in [4.78, 5) is 4.12. The highest BCUT2D eigenvalue weighted by atomic mass is 16.5. The van der Waals surface area contributed by atoms with Crippen LogP contribution < -0.4 is 10.1 Å². The van der Waals surface area contributed by atoms with Gasteiger partial charge in [0.25, 0.3) is 0 Å². The summed E-state index contributed by atoms with van der Waals surface area (Å²) in [6.45, 7) is 1.92. The number of piperidine rings is 1. The Morgan fingerprint density at radius 2 is 2.40 bits per heavy atom. The van der Waals surface area contributed by atoms with Crippen molar-refractivity contribution in [2.45, 2.75) is 31.7 Å². The standard InChI is InChI=1S/C12H18N2O/c1-3-8-13-11(5-1)7-10-15-12-6-2-4-9-14-12/h2,4,6,9,11,13H,1,3,5,7-8,10H2. The zero-order valence-electron chi connectivity index (χ0n) is 8.98. The van der Waals surface area contributed by atoms with Gasteiger partial charge in [-0.05, 0) is 31.9 Å². The van der Waals surface area contributed by atoms with Crippen molar-refractivity contribution < 1.29 is 4.74 Å². The minimum absolute atomic E-state index is 0.641. The molecule has 1 aromatic heterocycles. The van der Waals surface area contributed by atoms with E-state index in [0.29, 0.717) is 6.04 Å². The lowest BCUT2D eigenvalue weighted by Crippen LogP contribution is -2.35. The van der Waals surface area contributed by atoms with Crippen LogP contribution in [0.2, 0.25) is 0 Å². The predicted molar refractivity (Wildman–Crippen MR) is 60.0 cm³/mol. The van der Waals surface area contributed by atoms with Gasteiger partial charge in [-0.15, -0.1) is 0 Å². The predicted octanol–water partition coefficient (Wildman–Crippen LogP) is 1.99. The average molecular weight is 206 g/mol. The van der Waals surface area contributed by atoms with Crippen molar-refractivity contribution in [3.05, 3.63) is 24.4 Å². The molecule has 1 aliphatic heterocycles. The molecule has 0 spiro atoms. The zero-order valence-corrected chi connectivity index (χ0v) is 8.98. The number of pyridine rings is 1. The van der Waals surface area contributed by atoms with Crippen LogP contribution in [-0.2, 0) is 0 Å². The van der Waals surface area contributed by atoms with E-state index in [1.165, 1.54) is 19.3 Å². The number of aromatic nitrogens is 1. The van der Waals surface area contributed by atoms with Crippen molar-refractivity contribution in [1.29, 1.82) is 0 Å². The summed E-state index contributed by atoms with van der Waals surface area (Å²) >= 11 is 0. The van der Waals surface area contributed by atoms with Crippen LogP contribution in [0.5, 0.6) is 5.88 Å². The molecule has 0 bridgehead atoms. The Morgan fingerprint density at radius 1 is 1.40 bits per heavy atom. The molecule has 1 aliphatic rings. The fourth-order valence-corrected chi connectivity index (χ4v) is 1.91. The summed E-state index contributed by atoms with van der Waals surface area (Å²) in [6, 6.07) is 6.38. The second-order valence-electron chi connectivity index (χ2n) is 3.95. The third-order valence-electron chi connectivity index (χ3n) is 2.77. The molecule has 1 saturated heterocycles. The first-order valence-electron chi connectivity index (χ1n) is 5.72. The SMILES string of the molecule is c1ccc(OCCC2CCCCN2)nc1. The van der Waals surface area contributed by atoms with Crippen molar-refractivity contribution in [2.24, 2.45) is 0 Å². The van der Waals surface area contributed by atoms with Crippen LogP contribution in [0, 0.1) is 0 Å². The molecule has 0 aromatic carbocycles. The molecule has 2 heterocycles. The second-order valence-corrected chi connectivity index (χ2v) is 3.95. The second kappa shape index (κ2) is 5.71. The Balaban J connectivity index is 1.66. The first-order valence-corrected chi connectivity index (χ1v) is 5.72. The maximum Gasteiger partial charge on any atom is 0.213 e. The molecule has 15 heavy (non-hydrogen) atoms. The molecule has 1 fully saturated rings. The summed E-state index contributed by atoms with van der Waals surface area (Å²) < 4.78 is 5.56. The zero-order chi connectivity index (χ0) is 10.3. The molecule has 1 unspecified atom stereocenters. The Bertz CT molecular complexity index is 270. The summed E-state index contributed by atoms with van der Waals surface area (Å²) in [5, 5.41) is 3.50. The monoisotopic (exact) mass is 206 g/mol. The number of hydrogen-bond acceptors (Lipinski definition) is 3. The van der Waals surface area contributed by atoms with Crippen molar-refractivity contribution >= 4 is 0 Å². The molecular weight excluding hydrogens is 188 g/mol. The molecule has 0 saturated carbocycles. The van der Waals surface area contributed by atoms with Gasteiger partial charge in [0.05, 0.1) is 6.61 Å². The van der Waals surface area contributed by atoms with E-state index in [2.05, 4.69) is 10.3 Å². The van der Waals surface area contributed by atoms with Gasteiger partial charge in [0.15, 0.2) is 0 Å². The lowest BCUT2D eigenvalue weighted by atomic mass is 10.0. The highest BCUT2D eigenvalue weighted by molar-refractivity contribution is 5.08. The van der Waals surface area contributed by atoms with E-state index < -0.39 is 0 Å². The maximum atomic E-state index is 5.56. The van der Waals surface area contributed by atoms with Gasteiger partial charge >= 0.3 is 0 Å². The number of nitrogens with zero attached hydrogens (tertiary/aromatic N) is 1. The Hall–Kier alpha value is -1.09. The van der Waals surface area contributed by atoms with Gasteiger partial charge in [0, 0.05) is 18.3 Å². The molecule has 3 heteroatoms. The van der Waals surface area contributed by atoms with Gasteiger partial charge in [0.1, 0.15) is 0 Å². The summed E-state index contributed by atoms with van der Waals surface area (Å²) in [7, 11) is 0. The molecule has 1 atom stereocenters. The largest absolute Gasteiger partial charge is 0.478 e. The molecule has 1 N–H and O–H groups in total. The summed E-state index contributed by atoms with van der Waals surface area (Å²) in [5.74, 6) is 0.730. The fraction of sp³-hybridized carbons (Fsp3) is 0.583. The van der Waals surface area contributed by atoms with Crippen molar-refractivity contribution in [3.63, 3.8) is 0 Å². The molecular formula is C12H18N2O. The first kappa shape index (κ1) is 10.4. The van der Waals surface area contributed by atoms with Crippen LogP contribution in [0.15, 0.2) is 24.4 Å². The van der Waals surface area contributed by atoms with Crippen molar-refractivity contribution in [3.8, 4) is 5.88 Å². The highest BCUT2D eigenvalue weighted by Crippen LogP contribution is 2.11. The quantitative estimate of drug-likeness (QED) is 0.818. The van der Waals surface area contributed by atoms with E-state index >= 15 is 0 Å². The number of nitrogens with one attached hydrogen (secondary N) is 1. The van der Waals surface area contributed by atoms with E-state index in [1.54, 1.807) is 6.20 Å². The Labute approximate surface area is 90.9 Å².